The first kappa shape index (κ1) is 17.4. The molecule has 1 saturated heterocycles. The third kappa shape index (κ3) is 3.46. The highest BCUT2D eigenvalue weighted by Gasteiger charge is 2.25. The second-order valence-corrected chi connectivity index (χ2v) is 8.01. The maximum atomic E-state index is 12.8. The molecule has 0 atom stereocenters. The van der Waals surface area contributed by atoms with Crippen LogP contribution in [0.1, 0.15) is 19.3 Å². The maximum Gasteiger partial charge on any atom is 0.224 e. The minimum Gasteiger partial charge on any atom is -0.343 e. The third-order valence-corrected chi connectivity index (χ3v) is 6.46. The van der Waals surface area contributed by atoms with Crippen LogP contribution >= 0.6 is 11.8 Å². The van der Waals surface area contributed by atoms with Crippen LogP contribution in [0.15, 0.2) is 58.3 Å². The van der Waals surface area contributed by atoms with E-state index < -0.39 is 0 Å². The second-order valence-electron chi connectivity index (χ2n) is 6.92. The second kappa shape index (κ2) is 7.72. The van der Waals surface area contributed by atoms with Crippen molar-refractivity contribution >= 4 is 29.0 Å². The van der Waals surface area contributed by atoms with Gasteiger partial charge in [0.2, 0.25) is 5.91 Å². The van der Waals surface area contributed by atoms with Crippen molar-refractivity contribution in [3.63, 3.8) is 0 Å². The molecule has 1 N–H and O–H groups in total. The largest absolute Gasteiger partial charge is 0.343 e. The van der Waals surface area contributed by atoms with Gasteiger partial charge in [-0.25, -0.2) is 0 Å². The van der Waals surface area contributed by atoms with Gasteiger partial charge in [0.1, 0.15) is 0 Å². The summed E-state index contributed by atoms with van der Waals surface area (Å²) < 4.78 is 0. The Balaban J connectivity index is 1.50. The highest BCUT2D eigenvalue weighted by atomic mass is 32.2. The van der Waals surface area contributed by atoms with E-state index in [1.54, 1.807) is 11.8 Å². The summed E-state index contributed by atoms with van der Waals surface area (Å²) in [5, 5.41) is 3.37. The molecule has 2 aromatic rings. The van der Waals surface area contributed by atoms with Crippen LogP contribution in [0.2, 0.25) is 0 Å². The first-order valence-electron chi connectivity index (χ1n) is 9.34. The number of nitrogens with one attached hydrogen (secondary N) is 1. The van der Waals surface area contributed by atoms with Gasteiger partial charge in [-0.1, -0.05) is 36.0 Å². The number of nitrogens with zero attached hydrogens (tertiary/aromatic N) is 2. The summed E-state index contributed by atoms with van der Waals surface area (Å²) in [7, 11) is 1.96. The van der Waals surface area contributed by atoms with Crippen molar-refractivity contribution < 1.29 is 4.79 Å². The van der Waals surface area contributed by atoms with Crippen LogP contribution in [0.5, 0.6) is 0 Å². The number of carbonyl (C=O) groups excluding carboxylic acids is 1. The van der Waals surface area contributed by atoms with E-state index in [2.05, 4.69) is 58.7 Å². The van der Waals surface area contributed by atoms with Crippen molar-refractivity contribution in [2.75, 3.05) is 31.6 Å². The number of amides is 1. The summed E-state index contributed by atoms with van der Waals surface area (Å²) in [5.74, 6) is 0.241. The predicted molar refractivity (Wildman–Crippen MR) is 107 cm³/mol. The smallest absolute Gasteiger partial charge is 0.224 e. The molecular weight excluding hydrogens is 342 g/mol. The van der Waals surface area contributed by atoms with E-state index in [4.69, 9.17) is 0 Å². The average Bonchev–Trinajstić information content (AvgIpc) is 2.71. The standard InChI is InChI=1S/C21H25N3OS/c1-23(16-10-13-22-14-11-16)21(25)12-15-24-17-6-2-4-8-19(17)26-20-9-5-3-7-18(20)24/h2-9,16,22H,10-15H2,1H3. The number of carbonyl (C=O) groups is 1. The zero-order valence-electron chi connectivity index (χ0n) is 15.1. The van der Waals surface area contributed by atoms with Gasteiger partial charge in [0.05, 0.1) is 11.4 Å². The van der Waals surface area contributed by atoms with Gasteiger partial charge in [0.25, 0.3) is 0 Å². The molecule has 1 amide bonds. The Morgan fingerprint density at radius 1 is 1.08 bits per heavy atom. The lowest BCUT2D eigenvalue weighted by Crippen LogP contribution is -2.44. The fourth-order valence-electron chi connectivity index (χ4n) is 3.80. The van der Waals surface area contributed by atoms with Crippen molar-refractivity contribution in [2.45, 2.75) is 35.1 Å². The first-order chi connectivity index (χ1) is 12.7. The molecule has 2 aromatic carbocycles. The van der Waals surface area contributed by atoms with Gasteiger partial charge < -0.3 is 15.1 Å². The molecule has 2 aliphatic rings. The van der Waals surface area contributed by atoms with Crippen LogP contribution in [-0.2, 0) is 4.79 Å². The highest BCUT2D eigenvalue weighted by molar-refractivity contribution is 7.99. The zero-order chi connectivity index (χ0) is 17.9. The Morgan fingerprint density at radius 2 is 1.65 bits per heavy atom. The lowest BCUT2D eigenvalue weighted by Gasteiger charge is -2.34. The minimum atomic E-state index is 0.241. The van der Waals surface area contributed by atoms with Gasteiger partial charge >= 0.3 is 0 Å². The Morgan fingerprint density at radius 3 is 2.27 bits per heavy atom. The number of hydrogen-bond donors (Lipinski definition) is 1. The SMILES string of the molecule is CN(C(=O)CCN1c2ccccc2Sc2ccccc21)C1CCNCC1. The molecular formula is C21H25N3OS. The van der Waals surface area contributed by atoms with Gasteiger partial charge in [-0.3, -0.25) is 4.79 Å². The van der Waals surface area contributed by atoms with Gasteiger partial charge in [-0.2, -0.15) is 0 Å². The van der Waals surface area contributed by atoms with Crippen LogP contribution in [0.25, 0.3) is 0 Å². The predicted octanol–water partition coefficient (Wildman–Crippen LogP) is 3.89. The first-order valence-corrected chi connectivity index (χ1v) is 10.2. The fourth-order valence-corrected chi connectivity index (χ4v) is 4.90. The number of anilines is 2. The van der Waals surface area contributed by atoms with Crippen molar-refractivity contribution in [1.29, 1.82) is 0 Å². The molecule has 2 aliphatic heterocycles. The van der Waals surface area contributed by atoms with Crippen LogP contribution in [0, 0.1) is 0 Å². The Labute approximate surface area is 159 Å². The van der Waals surface area contributed by atoms with Gasteiger partial charge in [-0.05, 0) is 50.2 Å². The van der Waals surface area contributed by atoms with E-state index in [0.29, 0.717) is 19.0 Å². The van der Waals surface area contributed by atoms with Crippen molar-refractivity contribution in [3.8, 4) is 0 Å². The molecule has 0 aliphatic carbocycles. The maximum absolute atomic E-state index is 12.8. The van der Waals surface area contributed by atoms with E-state index >= 15 is 0 Å². The summed E-state index contributed by atoms with van der Waals surface area (Å²) in [5.41, 5.74) is 2.40. The summed E-state index contributed by atoms with van der Waals surface area (Å²) in [4.78, 5) is 19.6. The normalized spacial score (nSPS) is 16.7. The summed E-state index contributed by atoms with van der Waals surface area (Å²) in [6.45, 7) is 2.72. The highest BCUT2D eigenvalue weighted by Crippen LogP contribution is 2.47. The number of rotatable bonds is 4. The van der Waals surface area contributed by atoms with E-state index in [1.807, 2.05) is 11.9 Å². The van der Waals surface area contributed by atoms with Crippen LogP contribution in [0.4, 0.5) is 11.4 Å². The van der Waals surface area contributed by atoms with Gasteiger partial charge in [0, 0.05) is 35.8 Å². The van der Waals surface area contributed by atoms with Crippen LogP contribution in [-0.4, -0.2) is 43.5 Å². The third-order valence-electron chi connectivity index (χ3n) is 5.33. The fraction of sp³-hybridized carbons (Fsp3) is 0.381. The lowest BCUT2D eigenvalue weighted by atomic mass is 10.0. The number of piperidine rings is 1. The molecule has 136 valence electrons. The molecule has 0 spiro atoms. The minimum absolute atomic E-state index is 0.241. The monoisotopic (exact) mass is 367 g/mol. The quantitative estimate of drug-likeness (QED) is 0.889. The number of para-hydroxylation sites is 2. The van der Waals surface area contributed by atoms with E-state index in [9.17, 15) is 4.79 Å². The number of benzene rings is 2. The number of hydrogen-bond acceptors (Lipinski definition) is 4. The molecule has 1 fully saturated rings. The number of fused-ring (bicyclic) bond motifs is 2. The summed E-state index contributed by atoms with van der Waals surface area (Å²) in [6, 6.07) is 17.3. The Kier molecular flexibility index (Phi) is 5.18. The van der Waals surface area contributed by atoms with Crippen molar-refractivity contribution in [2.24, 2.45) is 0 Å². The Bertz CT molecular complexity index is 743. The summed E-state index contributed by atoms with van der Waals surface area (Å²) >= 11 is 1.81. The van der Waals surface area contributed by atoms with Crippen LogP contribution in [0.3, 0.4) is 0 Å². The van der Waals surface area contributed by atoms with Gasteiger partial charge in [0.15, 0.2) is 0 Å². The molecule has 0 unspecified atom stereocenters. The lowest BCUT2D eigenvalue weighted by molar-refractivity contribution is -0.132. The molecule has 0 saturated carbocycles. The Hall–Kier alpha value is -1.98. The molecule has 26 heavy (non-hydrogen) atoms. The van der Waals surface area contributed by atoms with Crippen molar-refractivity contribution in [3.05, 3.63) is 48.5 Å². The van der Waals surface area contributed by atoms with Crippen LogP contribution < -0.4 is 10.2 Å². The van der Waals surface area contributed by atoms with E-state index in [-0.39, 0.29) is 5.91 Å². The average molecular weight is 368 g/mol. The summed E-state index contributed by atoms with van der Waals surface area (Å²) in [6.07, 6.45) is 2.64. The van der Waals surface area contributed by atoms with Gasteiger partial charge in [-0.15, -0.1) is 0 Å². The molecule has 0 aromatic heterocycles. The van der Waals surface area contributed by atoms with Crippen molar-refractivity contribution in [1.82, 2.24) is 10.2 Å². The molecule has 2 heterocycles. The molecule has 5 heteroatoms. The van der Waals surface area contributed by atoms with E-state index in [1.165, 1.54) is 21.2 Å². The molecule has 4 rings (SSSR count). The molecule has 0 bridgehead atoms. The van der Waals surface area contributed by atoms with E-state index in [0.717, 1.165) is 25.9 Å². The zero-order valence-corrected chi connectivity index (χ0v) is 16.0. The molecule has 0 radical (unpaired) electrons. The topological polar surface area (TPSA) is 35.6 Å². The molecule has 4 nitrogen and oxygen atoms in total.